The summed E-state index contributed by atoms with van der Waals surface area (Å²) in [7, 11) is 0. The summed E-state index contributed by atoms with van der Waals surface area (Å²) in [6.45, 7) is 9.58. The summed E-state index contributed by atoms with van der Waals surface area (Å²) < 4.78 is 10.6. The molecule has 0 bridgehead atoms. The van der Waals surface area contributed by atoms with Crippen LogP contribution in [0.25, 0.3) is 11.4 Å². The van der Waals surface area contributed by atoms with Gasteiger partial charge in [-0.05, 0) is 24.4 Å². The topological polar surface area (TPSA) is 80.5 Å². The third-order valence-corrected chi connectivity index (χ3v) is 4.95. The maximum Gasteiger partial charge on any atom is 0.227 e. The monoisotopic (exact) mass is 386 g/mol. The van der Waals surface area contributed by atoms with Gasteiger partial charge >= 0.3 is 0 Å². The molecule has 2 aromatic rings. The van der Waals surface area contributed by atoms with Crippen LogP contribution in [0.2, 0.25) is 0 Å². The minimum atomic E-state index is 0.0167. The SMILES string of the molecule is CC(C)c1ccc(-c2noc(CCC(=O)NCCCN3CCOCC3)n2)cc1. The summed E-state index contributed by atoms with van der Waals surface area (Å²) in [6.07, 6.45) is 1.75. The molecule has 0 spiro atoms. The lowest BCUT2D eigenvalue weighted by atomic mass is 10.0. The van der Waals surface area contributed by atoms with Crippen molar-refractivity contribution in [3.8, 4) is 11.4 Å². The molecule has 0 saturated carbocycles. The van der Waals surface area contributed by atoms with E-state index in [2.05, 4.69) is 46.3 Å². The third kappa shape index (κ3) is 6.14. The first-order valence-electron chi connectivity index (χ1n) is 10.1. The van der Waals surface area contributed by atoms with Crippen molar-refractivity contribution in [2.45, 2.75) is 39.0 Å². The number of nitrogens with zero attached hydrogens (tertiary/aromatic N) is 3. The van der Waals surface area contributed by atoms with Crippen molar-refractivity contribution < 1.29 is 14.1 Å². The highest BCUT2D eigenvalue weighted by Crippen LogP contribution is 2.20. The first-order valence-corrected chi connectivity index (χ1v) is 10.1. The first-order chi connectivity index (χ1) is 13.6. The van der Waals surface area contributed by atoms with Gasteiger partial charge in [-0.3, -0.25) is 9.69 Å². The summed E-state index contributed by atoms with van der Waals surface area (Å²) >= 11 is 0. The number of aryl methyl sites for hydroxylation is 1. The van der Waals surface area contributed by atoms with Crippen LogP contribution < -0.4 is 5.32 Å². The van der Waals surface area contributed by atoms with E-state index in [-0.39, 0.29) is 5.91 Å². The second-order valence-corrected chi connectivity index (χ2v) is 7.45. The normalized spacial score (nSPS) is 15.1. The molecule has 0 atom stereocenters. The largest absolute Gasteiger partial charge is 0.379 e. The predicted molar refractivity (Wildman–Crippen MR) is 107 cm³/mol. The zero-order chi connectivity index (χ0) is 19.8. The number of ether oxygens (including phenoxy) is 1. The van der Waals surface area contributed by atoms with Crippen molar-refractivity contribution in [3.63, 3.8) is 0 Å². The van der Waals surface area contributed by atoms with Crippen LogP contribution in [0.4, 0.5) is 0 Å². The molecule has 1 aliphatic rings. The molecule has 1 aliphatic heterocycles. The van der Waals surface area contributed by atoms with Gasteiger partial charge in [0, 0.05) is 38.0 Å². The van der Waals surface area contributed by atoms with Gasteiger partial charge in [0.2, 0.25) is 17.6 Å². The second-order valence-electron chi connectivity index (χ2n) is 7.45. The zero-order valence-electron chi connectivity index (χ0n) is 16.8. The highest BCUT2D eigenvalue weighted by molar-refractivity contribution is 5.75. The van der Waals surface area contributed by atoms with E-state index in [4.69, 9.17) is 9.26 Å². The molecule has 7 nitrogen and oxygen atoms in total. The van der Waals surface area contributed by atoms with Gasteiger partial charge in [-0.15, -0.1) is 0 Å². The van der Waals surface area contributed by atoms with Crippen molar-refractivity contribution in [3.05, 3.63) is 35.7 Å². The molecule has 152 valence electrons. The Morgan fingerprint density at radius 1 is 1.21 bits per heavy atom. The smallest absolute Gasteiger partial charge is 0.227 e. The fraction of sp³-hybridized carbons (Fsp3) is 0.571. The molecule has 2 heterocycles. The molecule has 0 aliphatic carbocycles. The van der Waals surface area contributed by atoms with Crippen LogP contribution >= 0.6 is 0 Å². The van der Waals surface area contributed by atoms with E-state index in [0.717, 1.165) is 44.8 Å². The van der Waals surface area contributed by atoms with E-state index < -0.39 is 0 Å². The number of rotatable bonds is 9. The Morgan fingerprint density at radius 2 is 1.96 bits per heavy atom. The van der Waals surface area contributed by atoms with Crippen LogP contribution in [0.1, 0.15) is 44.1 Å². The molecule has 28 heavy (non-hydrogen) atoms. The van der Waals surface area contributed by atoms with Crippen molar-refractivity contribution in [1.29, 1.82) is 0 Å². The van der Waals surface area contributed by atoms with E-state index in [1.165, 1.54) is 5.56 Å². The van der Waals surface area contributed by atoms with Crippen molar-refractivity contribution >= 4 is 5.91 Å². The number of aromatic nitrogens is 2. The Labute approximate surface area is 166 Å². The zero-order valence-corrected chi connectivity index (χ0v) is 16.8. The second kappa shape index (κ2) is 10.3. The highest BCUT2D eigenvalue weighted by atomic mass is 16.5. The molecule has 0 unspecified atom stereocenters. The van der Waals surface area contributed by atoms with Gasteiger partial charge in [0.15, 0.2) is 0 Å². The molecule has 1 aromatic heterocycles. The third-order valence-electron chi connectivity index (χ3n) is 4.95. The van der Waals surface area contributed by atoms with Crippen LogP contribution in [0.3, 0.4) is 0 Å². The van der Waals surface area contributed by atoms with E-state index in [9.17, 15) is 4.79 Å². The Kier molecular flexibility index (Phi) is 7.56. The number of carbonyl (C=O) groups excluding carboxylic acids is 1. The maximum atomic E-state index is 12.0. The summed E-state index contributed by atoms with van der Waals surface area (Å²) in [4.78, 5) is 18.8. The van der Waals surface area contributed by atoms with Gasteiger partial charge < -0.3 is 14.6 Å². The maximum absolute atomic E-state index is 12.0. The van der Waals surface area contributed by atoms with Crippen LogP contribution in [0.5, 0.6) is 0 Å². The van der Waals surface area contributed by atoms with Gasteiger partial charge in [-0.1, -0.05) is 43.3 Å². The molecule has 7 heteroatoms. The lowest BCUT2D eigenvalue weighted by Crippen LogP contribution is -2.38. The highest BCUT2D eigenvalue weighted by Gasteiger charge is 2.12. The van der Waals surface area contributed by atoms with Crippen LogP contribution in [-0.2, 0) is 16.0 Å². The van der Waals surface area contributed by atoms with Gasteiger partial charge in [0.05, 0.1) is 13.2 Å². The average Bonchev–Trinajstić information content (AvgIpc) is 3.19. The molecule has 0 radical (unpaired) electrons. The Balaban J connectivity index is 1.37. The van der Waals surface area contributed by atoms with Crippen LogP contribution in [-0.4, -0.2) is 60.3 Å². The van der Waals surface area contributed by atoms with E-state index in [1.54, 1.807) is 0 Å². The fourth-order valence-electron chi connectivity index (χ4n) is 3.15. The predicted octanol–water partition coefficient (Wildman–Crippen LogP) is 2.63. The summed E-state index contributed by atoms with van der Waals surface area (Å²) in [5, 5.41) is 6.99. The lowest BCUT2D eigenvalue weighted by molar-refractivity contribution is -0.121. The number of amides is 1. The average molecular weight is 386 g/mol. The number of hydrogen-bond donors (Lipinski definition) is 1. The molecule has 1 N–H and O–H groups in total. The standard InChI is InChI=1S/C21H30N4O3/c1-16(2)17-4-6-18(7-5-17)21-23-20(28-24-21)9-8-19(26)22-10-3-11-25-12-14-27-15-13-25/h4-7,16H,3,8-15H2,1-2H3,(H,22,26). The molecular weight excluding hydrogens is 356 g/mol. The van der Waals surface area contributed by atoms with Crippen molar-refractivity contribution in [2.24, 2.45) is 0 Å². The molecule has 1 amide bonds. The number of benzene rings is 1. The van der Waals surface area contributed by atoms with Gasteiger partial charge in [0.25, 0.3) is 0 Å². The van der Waals surface area contributed by atoms with Crippen molar-refractivity contribution in [2.75, 3.05) is 39.4 Å². The van der Waals surface area contributed by atoms with E-state index >= 15 is 0 Å². The fourth-order valence-corrected chi connectivity index (χ4v) is 3.15. The summed E-state index contributed by atoms with van der Waals surface area (Å²) in [6, 6.07) is 8.18. The van der Waals surface area contributed by atoms with Gasteiger partial charge in [-0.2, -0.15) is 4.98 Å². The Hall–Kier alpha value is -2.25. The first kappa shape index (κ1) is 20.5. The minimum absolute atomic E-state index is 0.0167. The molecular formula is C21H30N4O3. The molecule has 3 rings (SSSR count). The van der Waals surface area contributed by atoms with Crippen molar-refractivity contribution in [1.82, 2.24) is 20.4 Å². The molecule has 1 aromatic carbocycles. The number of hydrogen-bond acceptors (Lipinski definition) is 6. The van der Waals surface area contributed by atoms with Crippen LogP contribution in [0, 0.1) is 0 Å². The molecule has 1 fully saturated rings. The van der Waals surface area contributed by atoms with E-state index in [0.29, 0.717) is 37.0 Å². The van der Waals surface area contributed by atoms with E-state index in [1.807, 2.05) is 12.1 Å². The summed E-state index contributed by atoms with van der Waals surface area (Å²) in [5.74, 6) is 1.56. The Bertz CT molecular complexity index is 736. The lowest BCUT2D eigenvalue weighted by Gasteiger charge is -2.26. The Morgan fingerprint density at radius 3 is 2.68 bits per heavy atom. The number of morpholine rings is 1. The number of nitrogens with one attached hydrogen (secondary N) is 1. The quantitative estimate of drug-likeness (QED) is 0.668. The summed E-state index contributed by atoms with van der Waals surface area (Å²) in [5.41, 5.74) is 2.20. The number of carbonyl (C=O) groups is 1. The van der Waals surface area contributed by atoms with Crippen LogP contribution in [0.15, 0.2) is 28.8 Å². The molecule has 1 saturated heterocycles. The minimum Gasteiger partial charge on any atom is -0.379 e. The van der Waals surface area contributed by atoms with Gasteiger partial charge in [0.1, 0.15) is 0 Å². The van der Waals surface area contributed by atoms with Gasteiger partial charge in [-0.25, -0.2) is 0 Å².